The molecule has 0 radical (unpaired) electrons. The van der Waals surface area contributed by atoms with Crippen LogP contribution in [-0.4, -0.2) is 39.2 Å². The van der Waals surface area contributed by atoms with Crippen molar-refractivity contribution in [1.29, 1.82) is 0 Å². The number of hydrogen-bond donors (Lipinski definition) is 2. The number of rotatable bonds is 6. The van der Waals surface area contributed by atoms with E-state index in [0.29, 0.717) is 6.04 Å². The molecule has 0 unspecified atom stereocenters. The number of benzene rings is 1. The van der Waals surface area contributed by atoms with Gasteiger partial charge in [-0.1, -0.05) is 24.3 Å². The minimum Gasteiger partial charge on any atom is -0.395 e. The first kappa shape index (κ1) is 15.9. The van der Waals surface area contributed by atoms with Crippen LogP contribution in [0.4, 0.5) is 5.82 Å². The van der Waals surface area contributed by atoms with Gasteiger partial charge >= 0.3 is 0 Å². The summed E-state index contributed by atoms with van der Waals surface area (Å²) in [6.45, 7) is 4.91. The smallest absolute Gasteiger partial charge is 0.129 e. The van der Waals surface area contributed by atoms with Crippen molar-refractivity contribution in [2.75, 3.05) is 18.5 Å². The Morgan fingerprint density at radius 3 is 2.87 bits per heavy atom. The molecule has 1 aliphatic heterocycles. The zero-order chi connectivity index (χ0) is 16.1. The Balaban J connectivity index is 1.68. The summed E-state index contributed by atoms with van der Waals surface area (Å²) in [6, 6.07) is 10.7. The highest BCUT2D eigenvalue weighted by Crippen LogP contribution is 2.21. The maximum absolute atomic E-state index is 9.49. The molecule has 3 rings (SSSR count). The van der Waals surface area contributed by atoms with Crippen LogP contribution in [0, 0.1) is 6.92 Å². The molecule has 5 heteroatoms. The van der Waals surface area contributed by atoms with Gasteiger partial charge < -0.3 is 10.4 Å². The molecule has 1 aromatic heterocycles. The highest BCUT2D eigenvalue weighted by molar-refractivity contribution is 5.37. The van der Waals surface area contributed by atoms with Gasteiger partial charge in [-0.25, -0.2) is 9.97 Å². The minimum atomic E-state index is 0.251. The van der Waals surface area contributed by atoms with Gasteiger partial charge in [-0.2, -0.15) is 0 Å². The van der Waals surface area contributed by atoms with Crippen molar-refractivity contribution in [3.63, 3.8) is 0 Å². The van der Waals surface area contributed by atoms with E-state index in [9.17, 15) is 5.11 Å². The summed E-state index contributed by atoms with van der Waals surface area (Å²) < 4.78 is 0. The molecular weight excluding hydrogens is 288 g/mol. The lowest BCUT2D eigenvalue weighted by molar-refractivity contribution is 0.153. The average molecular weight is 312 g/mol. The highest BCUT2D eigenvalue weighted by Gasteiger charge is 2.24. The van der Waals surface area contributed by atoms with Crippen LogP contribution in [0.2, 0.25) is 0 Å². The molecule has 1 aliphatic rings. The van der Waals surface area contributed by atoms with Gasteiger partial charge in [0, 0.05) is 30.9 Å². The van der Waals surface area contributed by atoms with Crippen molar-refractivity contribution in [2.45, 2.75) is 38.9 Å². The van der Waals surface area contributed by atoms with Crippen LogP contribution in [0.3, 0.4) is 0 Å². The van der Waals surface area contributed by atoms with Gasteiger partial charge in [-0.05, 0) is 37.4 Å². The van der Waals surface area contributed by atoms with Crippen molar-refractivity contribution < 1.29 is 5.11 Å². The first-order valence-corrected chi connectivity index (χ1v) is 8.20. The number of aromatic nitrogens is 2. The molecule has 1 fully saturated rings. The van der Waals surface area contributed by atoms with E-state index in [-0.39, 0.29) is 6.61 Å². The molecule has 1 atom stereocenters. The molecule has 2 N–H and O–H groups in total. The summed E-state index contributed by atoms with van der Waals surface area (Å²) in [6.07, 6.45) is 3.85. The zero-order valence-electron chi connectivity index (χ0n) is 13.6. The van der Waals surface area contributed by atoms with Crippen molar-refractivity contribution in [2.24, 2.45) is 0 Å². The van der Waals surface area contributed by atoms with Gasteiger partial charge in [0.05, 0.1) is 6.61 Å². The number of likely N-dealkylation sites (tertiary alicyclic amines) is 1. The molecule has 0 aliphatic carbocycles. The quantitative estimate of drug-likeness (QED) is 0.857. The van der Waals surface area contributed by atoms with Crippen LogP contribution in [0.25, 0.3) is 0 Å². The third-order valence-corrected chi connectivity index (χ3v) is 4.47. The van der Waals surface area contributed by atoms with E-state index in [0.717, 1.165) is 37.6 Å². The van der Waals surface area contributed by atoms with Crippen molar-refractivity contribution in [1.82, 2.24) is 14.9 Å². The first-order chi connectivity index (χ1) is 11.3. The lowest BCUT2D eigenvalue weighted by atomic mass is 10.1. The van der Waals surface area contributed by atoms with Gasteiger partial charge in [0.15, 0.2) is 0 Å². The number of nitrogens with one attached hydrogen (secondary N) is 1. The lowest BCUT2D eigenvalue weighted by Crippen LogP contribution is -2.32. The van der Waals surface area contributed by atoms with E-state index in [1.165, 1.54) is 17.5 Å². The summed E-state index contributed by atoms with van der Waals surface area (Å²) in [5, 5.41) is 12.9. The second-order valence-electron chi connectivity index (χ2n) is 6.12. The van der Waals surface area contributed by atoms with E-state index in [1.54, 1.807) is 6.33 Å². The number of aryl methyl sites for hydroxylation is 1. The normalized spacial score (nSPS) is 18.3. The highest BCUT2D eigenvalue weighted by atomic mass is 16.3. The number of nitrogens with zero attached hydrogens (tertiary/aromatic N) is 3. The van der Waals surface area contributed by atoms with Crippen molar-refractivity contribution in [3.8, 4) is 0 Å². The minimum absolute atomic E-state index is 0.251. The Bertz CT molecular complexity index is 646. The summed E-state index contributed by atoms with van der Waals surface area (Å²) in [5.41, 5.74) is 3.54. The van der Waals surface area contributed by atoms with Crippen LogP contribution in [0.15, 0.2) is 36.7 Å². The average Bonchev–Trinajstić information content (AvgIpc) is 3.01. The predicted octanol–water partition coefficient (Wildman–Crippen LogP) is 2.35. The molecule has 2 heterocycles. The molecule has 5 nitrogen and oxygen atoms in total. The summed E-state index contributed by atoms with van der Waals surface area (Å²) in [7, 11) is 0. The van der Waals surface area contributed by atoms with E-state index in [1.807, 2.05) is 13.0 Å². The number of anilines is 1. The molecule has 0 bridgehead atoms. The summed E-state index contributed by atoms with van der Waals surface area (Å²) >= 11 is 0. The van der Waals surface area contributed by atoms with Crippen molar-refractivity contribution in [3.05, 3.63) is 53.5 Å². The Labute approximate surface area is 137 Å². The second-order valence-corrected chi connectivity index (χ2v) is 6.12. The third kappa shape index (κ3) is 4.06. The van der Waals surface area contributed by atoms with Crippen molar-refractivity contribution >= 4 is 5.82 Å². The summed E-state index contributed by atoms with van der Waals surface area (Å²) in [5.74, 6) is 0.849. The van der Waals surface area contributed by atoms with Crippen LogP contribution in [-0.2, 0) is 13.1 Å². The van der Waals surface area contributed by atoms with Gasteiger partial charge in [0.25, 0.3) is 0 Å². The fourth-order valence-corrected chi connectivity index (χ4v) is 3.15. The lowest BCUT2D eigenvalue weighted by Gasteiger charge is -2.24. The molecule has 2 aromatic rings. The standard InChI is InChI=1S/C18H24N4O/c1-14-9-18(21-13-20-14)19-10-15-5-2-3-6-16(15)11-22-8-4-7-17(22)12-23/h2-3,5-6,9,13,17,23H,4,7-8,10-12H2,1H3,(H,19,20,21)/t17-/m1/s1. The van der Waals surface area contributed by atoms with Gasteiger partial charge in [-0.15, -0.1) is 0 Å². The SMILES string of the molecule is Cc1cc(NCc2ccccc2CN2CCC[C@@H]2CO)ncn1. The molecule has 122 valence electrons. The van der Waals surface area contributed by atoms with Gasteiger partial charge in [0.1, 0.15) is 12.1 Å². The first-order valence-electron chi connectivity index (χ1n) is 8.20. The fraction of sp³-hybridized carbons (Fsp3) is 0.444. The molecule has 23 heavy (non-hydrogen) atoms. The molecule has 0 saturated carbocycles. The molecule has 0 spiro atoms. The van der Waals surface area contributed by atoms with Gasteiger partial charge in [-0.3, -0.25) is 4.90 Å². The summed E-state index contributed by atoms with van der Waals surface area (Å²) in [4.78, 5) is 10.7. The third-order valence-electron chi connectivity index (χ3n) is 4.47. The van der Waals surface area contributed by atoms with E-state index >= 15 is 0 Å². The zero-order valence-corrected chi connectivity index (χ0v) is 13.6. The van der Waals surface area contributed by atoms with Gasteiger partial charge in [0.2, 0.25) is 0 Å². The Hall–Kier alpha value is -1.98. The second kappa shape index (κ2) is 7.53. The Morgan fingerprint density at radius 2 is 2.09 bits per heavy atom. The van der Waals surface area contributed by atoms with E-state index in [2.05, 4.69) is 44.5 Å². The van der Waals surface area contributed by atoms with Crippen LogP contribution >= 0.6 is 0 Å². The van der Waals surface area contributed by atoms with E-state index in [4.69, 9.17) is 0 Å². The van der Waals surface area contributed by atoms with Crippen LogP contribution in [0.1, 0.15) is 29.7 Å². The predicted molar refractivity (Wildman–Crippen MR) is 91.1 cm³/mol. The largest absolute Gasteiger partial charge is 0.395 e. The molecule has 1 saturated heterocycles. The fourth-order valence-electron chi connectivity index (χ4n) is 3.15. The molecule has 0 amide bonds. The number of aliphatic hydroxyl groups excluding tert-OH is 1. The Morgan fingerprint density at radius 1 is 1.26 bits per heavy atom. The van der Waals surface area contributed by atoms with Crippen LogP contribution < -0.4 is 5.32 Å². The monoisotopic (exact) mass is 312 g/mol. The molecular formula is C18H24N4O. The number of aliphatic hydroxyl groups is 1. The van der Waals surface area contributed by atoms with E-state index < -0.39 is 0 Å². The number of hydrogen-bond acceptors (Lipinski definition) is 5. The maximum Gasteiger partial charge on any atom is 0.129 e. The topological polar surface area (TPSA) is 61.3 Å². The van der Waals surface area contributed by atoms with Crippen LogP contribution in [0.5, 0.6) is 0 Å². The Kier molecular flexibility index (Phi) is 5.20. The molecule has 1 aromatic carbocycles. The maximum atomic E-state index is 9.49.